The zero-order valence-corrected chi connectivity index (χ0v) is 15.5. The van der Waals surface area contributed by atoms with Crippen LogP contribution in [-0.4, -0.2) is 36.1 Å². The van der Waals surface area contributed by atoms with Gasteiger partial charge in [0.2, 0.25) is 0 Å². The third-order valence-electron chi connectivity index (χ3n) is 5.33. The average molecular weight is 373 g/mol. The quantitative estimate of drug-likeness (QED) is 0.900. The Balaban J connectivity index is 0.00000196. The number of fused-ring (bicyclic) bond motifs is 1. The van der Waals surface area contributed by atoms with E-state index in [1.165, 1.54) is 11.1 Å². The van der Waals surface area contributed by atoms with E-state index in [2.05, 4.69) is 36.4 Å². The van der Waals surface area contributed by atoms with Crippen molar-refractivity contribution in [3.63, 3.8) is 0 Å². The second kappa shape index (κ2) is 8.21. The van der Waals surface area contributed by atoms with Crippen LogP contribution in [0.3, 0.4) is 0 Å². The second-order valence-electron chi connectivity index (χ2n) is 6.85. The van der Waals surface area contributed by atoms with Gasteiger partial charge in [-0.15, -0.1) is 12.4 Å². The number of hydrogen-bond donors (Lipinski definition) is 1. The molecule has 2 N–H and O–H groups in total. The van der Waals surface area contributed by atoms with E-state index in [0.29, 0.717) is 6.54 Å². The molecule has 2 aromatic rings. The Kier molecular flexibility index (Phi) is 5.97. The van der Waals surface area contributed by atoms with Crippen LogP contribution in [0.2, 0.25) is 0 Å². The Bertz CT molecular complexity index is 753. The van der Waals surface area contributed by atoms with Crippen molar-refractivity contribution in [3.05, 3.63) is 71.3 Å². The fourth-order valence-electron chi connectivity index (χ4n) is 4.04. The van der Waals surface area contributed by atoms with Crippen LogP contribution < -0.4 is 5.73 Å². The highest BCUT2D eigenvalue weighted by Gasteiger charge is 2.38. The Morgan fingerprint density at radius 1 is 1.08 bits per heavy atom. The molecular weight excluding hydrogens is 348 g/mol. The third kappa shape index (κ3) is 3.50. The summed E-state index contributed by atoms with van der Waals surface area (Å²) >= 11 is 0. The lowest BCUT2D eigenvalue weighted by atomic mass is 9.88. The Morgan fingerprint density at radius 3 is 2.54 bits per heavy atom. The fraction of sp³-hybridized carbons (Fsp3) is 0.381. The van der Waals surface area contributed by atoms with Crippen molar-refractivity contribution >= 4 is 18.3 Å². The normalized spacial score (nSPS) is 24.7. The molecule has 2 aliphatic heterocycles. The van der Waals surface area contributed by atoms with Crippen LogP contribution >= 0.6 is 12.4 Å². The fourth-order valence-corrected chi connectivity index (χ4v) is 4.04. The van der Waals surface area contributed by atoms with Crippen LogP contribution in [0.25, 0.3) is 0 Å². The van der Waals surface area contributed by atoms with E-state index < -0.39 is 0 Å². The van der Waals surface area contributed by atoms with Gasteiger partial charge in [-0.1, -0.05) is 54.6 Å². The maximum Gasteiger partial charge on any atom is 0.252 e. The number of halogens is 1. The number of nitrogens with two attached hydrogens (primary N) is 1. The smallest absolute Gasteiger partial charge is 0.252 e. The molecule has 5 heteroatoms. The summed E-state index contributed by atoms with van der Waals surface area (Å²) in [6, 6.07) is 18.7. The molecular formula is C21H25ClN2O2. The van der Waals surface area contributed by atoms with E-state index >= 15 is 0 Å². The van der Waals surface area contributed by atoms with Crippen LogP contribution in [0, 0.1) is 0 Å². The first-order valence-corrected chi connectivity index (χ1v) is 9.06. The summed E-state index contributed by atoms with van der Waals surface area (Å²) in [6.45, 7) is 1.21. The van der Waals surface area contributed by atoms with Crippen LogP contribution in [0.4, 0.5) is 0 Å². The number of carbonyl (C=O) groups excluding carboxylic acids is 1. The largest absolute Gasteiger partial charge is 0.364 e. The van der Waals surface area contributed by atoms with Gasteiger partial charge in [0.1, 0.15) is 6.10 Å². The summed E-state index contributed by atoms with van der Waals surface area (Å²) in [5.74, 6) is 0.0966. The molecule has 138 valence electrons. The minimum absolute atomic E-state index is 0. The molecule has 0 saturated carbocycles. The lowest BCUT2D eigenvalue weighted by Gasteiger charge is -2.39. The highest BCUT2D eigenvalue weighted by Crippen LogP contribution is 2.36. The molecule has 1 unspecified atom stereocenters. The van der Waals surface area contributed by atoms with Crippen molar-refractivity contribution in [1.82, 2.24) is 4.90 Å². The molecule has 2 aliphatic rings. The van der Waals surface area contributed by atoms with Gasteiger partial charge >= 0.3 is 0 Å². The zero-order valence-electron chi connectivity index (χ0n) is 14.7. The molecule has 0 aromatic heterocycles. The first-order chi connectivity index (χ1) is 12.3. The Hall–Kier alpha value is -1.88. The molecule has 0 bridgehead atoms. The molecule has 1 fully saturated rings. The molecule has 2 heterocycles. The van der Waals surface area contributed by atoms with Gasteiger partial charge < -0.3 is 15.4 Å². The predicted molar refractivity (Wildman–Crippen MR) is 104 cm³/mol. The van der Waals surface area contributed by atoms with Crippen LogP contribution in [0.5, 0.6) is 0 Å². The molecule has 26 heavy (non-hydrogen) atoms. The topological polar surface area (TPSA) is 55.6 Å². The van der Waals surface area contributed by atoms with Crippen LogP contribution in [0.15, 0.2) is 54.6 Å². The standard InChI is InChI=1S/C21H24N2O2.ClH/c22-14-17-10-11-19(25-17)21(24)23-13-12-15-6-4-5-9-18(15)20(23)16-7-2-1-3-8-16;/h1-9,17,19-20H,10-14,22H2;1H/t17-,19+,20?;/m1./s1. The zero-order chi connectivity index (χ0) is 17.2. The van der Waals surface area contributed by atoms with Crippen LogP contribution in [-0.2, 0) is 16.0 Å². The molecule has 0 spiro atoms. The molecule has 3 atom stereocenters. The van der Waals surface area contributed by atoms with Crippen LogP contribution in [0.1, 0.15) is 35.6 Å². The molecule has 2 aromatic carbocycles. The van der Waals surface area contributed by atoms with E-state index in [9.17, 15) is 4.79 Å². The molecule has 0 aliphatic carbocycles. The van der Waals surface area contributed by atoms with E-state index in [-0.39, 0.29) is 36.6 Å². The van der Waals surface area contributed by atoms with Gasteiger partial charge in [-0.05, 0) is 36.0 Å². The van der Waals surface area contributed by atoms with Crippen molar-refractivity contribution in [1.29, 1.82) is 0 Å². The lowest BCUT2D eigenvalue weighted by molar-refractivity contribution is -0.145. The summed E-state index contributed by atoms with van der Waals surface area (Å²) in [5, 5.41) is 0. The summed E-state index contributed by atoms with van der Waals surface area (Å²) in [5.41, 5.74) is 9.41. The van der Waals surface area contributed by atoms with Crippen molar-refractivity contribution in [2.45, 2.75) is 37.5 Å². The van der Waals surface area contributed by atoms with Crippen molar-refractivity contribution < 1.29 is 9.53 Å². The van der Waals surface area contributed by atoms with E-state index in [1.807, 2.05) is 23.1 Å². The Labute approximate surface area is 160 Å². The van der Waals surface area contributed by atoms with E-state index in [1.54, 1.807) is 0 Å². The van der Waals surface area contributed by atoms with E-state index in [4.69, 9.17) is 10.5 Å². The third-order valence-corrected chi connectivity index (χ3v) is 5.33. The first-order valence-electron chi connectivity index (χ1n) is 9.06. The number of amides is 1. The van der Waals surface area contributed by atoms with Gasteiger partial charge in [-0.3, -0.25) is 4.79 Å². The number of carbonyl (C=O) groups is 1. The number of nitrogens with zero attached hydrogens (tertiary/aromatic N) is 1. The average Bonchev–Trinajstić information content (AvgIpc) is 3.16. The highest BCUT2D eigenvalue weighted by molar-refractivity contribution is 5.85. The SMILES string of the molecule is Cl.NC[C@H]1CC[C@@H](C(=O)N2CCc3ccccc3C2c2ccccc2)O1. The number of hydrogen-bond acceptors (Lipinski definition) is 3. The predicted octanol–water partition coefficient (Wildman–Crippen LogP) is 3.09. The van der Waals surface area contributed by atoms with Gasteiger partial charge in [-0.2, -0.15) is 0 Å². The van der Waals surface area contributed by atoms with E-state index in [0.717, 1.165) is 31.4 Å². The maximum atomic E-state index is 13.2. The summed E-state index contributed by atoms with van der Waals surface area (Å²) in [7, 11) is 0. The molecule has 1 amide bonds. The minimum atomic E-state index is -0.356. The monoisotopic (exact) mass is 372 g/mol. The van der Waals surface area contributed by atoms with Gasteiger partial charge in [0.25, 0.3) is 5.91 Å². The number of benzene rings is 2. The summed E-state index contributed by atoms with van der Waals surface area (Å²) in [4.78, 5) is 15.2. The van der Waals surface area contributed by atoms with Gasteiger partial charge in [0, 0.05) is 13.1 Å². The molecule has 4 nitrogen and oxygen atoms in total. The lowest BCUT2D eigenvalue weighted by Crippen LogP contribution is -2.45. The van der Waals surface area contributed by atoms with Crippen molar-refractivity contribution in [3.8, 4) is 0 Å². The van der Waals surface area contributed by atoms with Crippen molar-refractivity contribution in [2.24, 2.45) is 5.73 Å². The first kappa shape index (κ1) is 18.9. The molecule has 0 radical (unpaired) electrons. The molecule has 4 rings (SSSR count). The Morgan fingerprint density at radius 2 is 1.81 bits per heavy atom. The van der Waals surface area contributed by atoms with Crippen molar-refractivity contribution in [2.75, 3.05) is 13.1 Å². The summed E-state index contributed by atoms with van der Waals surface area (Å²) < 4.78 is 5.88. The molecule has 1 saturated heterocycles. The maximum absolute atomic E-state index is 13.2. The second-order valence-corrected chi connectivity index (χ2v) is 6.85. The van der Waals surface area contributed by atoms with Gasteiger partial charge in [0.15, 0.2) is 0 Å². The van der Waals surface area contributed by atoms with Gasteiger partial charge in [-0.25, -0.2) is 0 Å². The summed E-state index contributed by atoms with van der Waals surface area (Å²) in [6.07, 6.45) is 2.18. The number of rotatable bonds is 3. The minimum Gasteiger partial charge on any atom is -0.364 e. The number of ether oxygens (including phenoxy) is 1. The van der Waals surface area contributed by atoms with Gasteiger partial charge in [0.05, 0.1) is 12.1 Å². The highest BCUT2D eigenvalue weighted by atomic mass is 35.5.